The van der Waals surface area contributed by atoms with E-state index in [-0.39, 0.29) is 12.3 Å². The maximum Gasteiger partial charge on any atom is 0.424 e. The van der Waals surface area contributed by atoms with E-state index < -0.39 is 52.4 Å². The van der Waals surface area contributed by atoms with E-state index in [1.165, 1.54) is 30.3 Å². The predicted octanol–water partition coefficient (Wildman–Crippen LogP) is 2.70. The molecule has 2 aliphatic heterocycles. The predicted molar refractivity (Wildman–Crippen MR) is 101 cm³/mol. The Balaban J connectivity index is 1.93. The van der Waals surface area contributed by atoms with Gasteiger partial charge in [0.2, 0.25) is 5.60 Å². The summed E-state index contributed by atoms with van der Waals surface area (Å²) in [6.45, 7) is 2.45. The van der Waals surface area contributed by atoms with Crippen LogP contribution >= 0.6 is 0 Å². The molecule has 2 fully saturated rings. The molecule has 1 aromatic rings. The summed E-state index contributed by atoms with van der Waals surface area (Å²) in [5.74, 6) is -1.23. The minimum Gasteiger partial charge on any atom is -0.389 e. The van der Waals surface area contributed by atoms with Crippen molar-refractivity contribution in [3.05, 3.63) is 47.4 Å². The van der Waals surface area contributed by atoms with Crippen molar-refractivity contribution in [3.63, 3.8) is 0 Å². The number of benzene rings is 1. The van der Waals surface area contributed by atoms with Crippen LogP contribution in [0.1, 0.15) is 32.3 Å². The number of alkyl halides is 3. The van der Waals surface area contributed by atoms with Gasteiger partial charge in [0.15, 0.2) is 0 Å². The van der Waals surface area contributed by atoms with Crippen molar-refractivity contribution >= 4 is 5.71 Å². The molecule has 3 aliphatic rings. The van der Waals surface area contributed by atoms with Gasteiger partial charge in [-0.3, -0.25) is 4.99 Å². The van der Waals surface area contributed by atoms with Gasteiger partial charge in [0.1, 0.15) is 11.4 Å². The zero-order chi connectivity index (χ0) is 22.2. The number of fused-ring (bicyclic) bond motifs is 1. The normalized spacial score (nSPS) is 34.6. The van der Waals surface area contributed by atoms with Crippen LogP contribution in [-0.4, -0.2) is 52.1 Å². The second-order valence-corrected chi connectivity index (χ2v) is 8.90. The highest BCUT2D eigenvalue weighted by atomic mass is 19.4. The molecule has 2 unspecified atom stereocenters. The number of ether oxygens (including phenoxy) is 1. The molecule has 1 saturated carbocycles. The largest absolute Gasteiger partial charge is 0.424 e. The average Bonchev–Trinajstić information content (AvgIpc) is 3.38. The molecule has 1 aromatic carbocycles. The first kappa shape index (κ1) is 21.4. The third kappa shape index (κ3) is 2.79. The summed E-state index contributed by atoms with van der Waals surface area (Å²) >= 11 is 0. The Morgan fingerprint density at radius 1 is 1.20 bits per heavy atom. The van der Waals surface area contributed by atoms with Crippen LogP contribution in [-0.2, 0) is 4.74 Å². The summed E-state index contributed by atoms with van der Waals surface area (Å²) in [7, 11) is 0. The molecular weight excluding hydrogens is 404 g/mol. The minimum atomic E-state index is -5.06. The number of nitrogens with two attached hydrogens (primary N) is 1. The smallest absolute Gasteiger partial charge is 0.389 e. The minimum absolute atomic E-state index is 0.0989. The molecule has 4 atom stereocenters. The van der Waals surface area contributed by atoms with Crippen LogP contribution in [0.5, 0.6) is 0 Å². The molecular formula is C21H24F4N2O3. The molecule has 4 N–H and O–H groups in total. The lowest BCUT2D eigenvalue weighted by molar-refractivity contribution is -0.240. The van der Waals surface area contributed by atoms with Crippen LogP contribution in [0.25, 0.3) is 0 Å². The van der Waals surface area contributed by atoms with Crippen molar-refractivity contribution in [2.24, 2.45) is 22.1 Å². The van der Waals surface area contributed by atoms with Crippen LogP contribution < -0.4 is 5.73 Å². The number of aliphatic imine (C=N–C) groups is 1. The van der Waals surface area contributed by atoms with Gasteiger partial charge in [0.25, 0.3) is 0 Å². The van der Waals surface area contributed by atoms with E-state index in [9.17, 15) is 27.8 Å². The number of hydrogen-bond donors (Lipinski definition) is 3. The standard InChI is InChI=1S/C21H24F4N2O3/c1-17(19(28)7-8-19)11-30-18(2)14(17)9-15(20(29,10-26)21(23,24)25)27-16(18)12-3-5-13(22)6-4-12/h3-6,9,14,28-29H,7-8,10-11,26H2,1-2H3/t14?,17-,18?,20-/m0/s1. The zero-order valence-electron chi connectivity index (χ0n) is 16.6. The van der Waals surface area contributed by atoms with E-state index in [4.69, 9.17) is 10.5 Å². The summed E-state index contributed by atoms with van der Waals surface area (Å²) in [5.41, 5.74) is -1.30. The van der Waals surface area contributed by atoms with Gasteiger partial charge in [-0.25, -0.2) is 4.39 Å². The summed E-state index contributed by atoms with van der Waals surface area (Å²) in [6, 6.07) is 5.16. The highest BCUT2D eigenvalue weighted by Crippen LogP contribution is 2.62. The first-order valence-corrected chi connectivity index (χ1v) is 9.74. The van der Waals surface area contributed by atoms with Gasteiger partial charge >= 0.3 is 6.18 Å². The lowest BCUT2D eigenvalue weighted by Crippen LogP contribution is -2.56. The van der Waals surface area contributed by atoms with Crippen molar-refractivity contribution in [3.8, 4) is 0 Å². The third-order valence-electron chi connectivity index (χ3n) is 7.07. The van der Waals surface area contributed by atoms with Crippen molar-refractivity contribution in [2.45, 2.75) is 49.7 Å². The number of aliphatic hydroxyl groups is 2. The van der Waals surface area contributed by atoms with Crippen molar-refractivity contribution in [1.82, 2.24) is 0 Å². The third-order valence-corrected chi connectivity index (χ3v) is 7.07. The average molecular weight is 428 g/mol. The number of rotatable bonds is 4. The van der Waals surface area contributed by atoms with E-state index in [0.717, 1.165) is 0 Å². The topological polar surface area (TPSA) is 88.1 Å². The van der Waals surface area contributed by atoms with Crippen molar-refractivity contribution < 1.29 is 32.5 Å². The Morgan fingerprint density at radius 2 is 1.80 bits per heavy atom. The summed E-state index contributed by atoms with van der Waals surface area (Å²) in [6.07, 6.45) is -2.81. The monoisotopic (exact) mass is 428 g/mol. The molecule has 164 valence electrons. The van der Waals surface area contributed by atoms with E-state index in [2.05, 4.69) is 4.99 Å². The van der Waals surface area contributed by atoms with E-state index in [1.54, 1.807) is 13.8 Å². The van der Waals surface area contributed by atoms with Gasteiger partial charge in [-0.2, -0.15) is 13.2 Å². The first-order valence-electron chi connectivity index (χ1n) is 9.74. The Bertz CT molecular complexity index is 925. The van der Waals surface area contributed by atoms with E-state index in [0.29, 0.717) is 18.4 Å². The molecule has 2 heterocycles. The Hall–Kier alpha value is -1.81. The van der Waals surface area contributed by atoms with Gasteiger partial charge in [-0.1, -0.05) is 25.1 Å². The first-order chi connectivity index (χ1) is 13.8. The van der Waals surface area contributed by atoms with Gasteiger partial charge < -0.3 is 20.7 Å². The van der Waals surface area contributed by atoms with Crippen LogP contribution in [0.2, 0.25) is 0 Å². The fraction of sp³-hybridized carbons (Fsp3) is 0.571. The maximum absolute atomic E-state index is 13.8. The van der Waals surface area contributed by atoms with Crippen molar-refractivity contribution in [2.75, 3.05) is 13.2 Å². The van der Waals surface area contributed by atoms with Gasteiger partial charge in [-0.15, -0.1) is 0 Å². The Kier molecular flexibility index (Phi) is 4.54. The second-order valence-electron chi connectivity index (χ2n) is 8.90. The van der Waals surface area contributed by atoms with Crippen LogP contribution in [0.4, 0.5) is 17.6 Å². The summed E-state index contributed by atoms with van der Waals surface area (Å²) < 4.78 is 60.9. The number of hydrogen-bond acceptors (Lipinski definition) is 5. The van der Waals surface area contributed by atoms with Crippen LogP contribution in [0.15, 0.2) is 41.0 Å². The fourth-order valence-corrected chi connectivity index (χ4v) is 4.74. The van der Waals surface area contributed by atoms with Gasteiger partial charge in [-0.05, 0) is 37.5 Å². The molecule has 1 aliphatic carbocycles. The molecule has 5 nitrogen and oxygen atoms in total. The molecule has 4 rings (SSSR count). The fourth-order valence-electron chi connectivity index (χ4n) is 4.74. The molecule has 0 bridgehead atoms. The van der Waals surface area contributed by atoms with Gasteiger partial charge in [0.05, 0.1) is 23.6 Å². The van der Waals surface area contributed by atoms with Gasteiger partial charge in [0, 0.05) is 17.9 Å². The summed E-state index contributed by atoms with van der Waals surface area (Å²) in [4.78, 5) is 4.17. The molecule has 9 heteroatoms. The summed E-state index contributed by atoms with van der Waals surface area (Å²) in [5, 5.41) is 21.4. The maximum atomic E-state index is 13.8. The molecule has 0 spiro atoms. The van der Waals surface area contributed by atoms with E-state index in [1.807, 2.05) is 0 Å². The molecule has 1 saturated heterocycles. The van der Waals surface area contributed by atoms with Crippen molar-refractivity contribution in [1.29, 1.82) is 0 Å². The highest BCUT2D eigenvalue weighted by Gasteiger charge is 2.69. The Labute approximate surface area is 171 Å². The molecule has 0 radical (unpaired) electrons. The molecule has 0 amide bonds. The van der Waals surface area contributed by atoms with E-state index >= 15 is 0 Å². The molecule has 0 aromatic heterocycles. The number of nitrogens with zero attached hydrogens (tertiary/aromatic N) is 1. The van der Waals surface area contributed by atoms with Crippen LogP contribution in [0.3, 0.4) is 0 Å². The lowest BCUT2D eigenvalue weighted by atomic mass is 9.63. The highest BCUT2D eigenvalue weighted by molar-refractivity contribution is 6.08. The SMILES string of the molecule is CC12OC[C@](C)(C3(O)CC3)C1C=C([C@@](O)(CN)C(F)(F)F)N=C2c1ccc(F)cc1. The van der Waals surface area contributed by atoms with Crippen LogP contribution in [0, 0.1) is 17.2 Å². The molecule has 30 heavy (non-hydrogen) atoms. The quantitative estimate of drug-likeness (QED) is 0.644. The Morgan fingerprint density at radius 3 is 2.30 bits per heavy atom. The zero-order valence-corrected chi connectivity index (χ0v) is 16.6. The second kappa shape index (κ2) is 6.35. The lowest BCUT2D eigenvalue weighted by Gasteiger charge is -2.43. The number of halogens is 4.